The van der Waals surface area contributed by atoms with Gasteiger partial charge in [-0.3, -0.25) is 4.79 Å². The molecule has 1 unspecified atom stereocenters. The first kappa shape index (κ1) is 25.3. The van der Waals surface area contributed by atoms with Crippen LogP contribution in [0.15, 0.2) is 18.3 Å². The number of aromatic nitrogens is 1. The van der Waals surface area contributed by atoms with Crippen LogP contribution < -0.4 is 10.5 Å². The van der Waals surface area contributed by atoms with Gasteiger partial charge in [-0.15, -0.1) is 0 Å². The lowest BCUT2D eigenvalue weighted by atomic mass is 10.0. The highest BCUT2D eigenvalue weighted by Gasteiger charge is 2.09. The number of carbonyl (C=O) groups excluding carboxylic acids is 1. The number of pyridine rings is 1. The average molecular weight is 407 g/mol. The zero-order valence-electron chi connectivity index (χ0n) is 18.7. The van der Waals surface area contributed by atoms with Gasteiger partial charge < -0.3 is 15.2 Å². The highest BCUT2D eigenvalue weighted by Crippen LogP contribution is 2.15. The van der Waals surface area contributed by atoms with Crippen molar-refractivity contribution in [3.05, 3.63) is 18.3 Å². The molecule has 0 aromatic carbocycles. The molecule has 5 nitrogen and oxygen atoms in total. The van der Waals surface area contributed by atoms with Gasteiger partial charge in [0.2, 0.25) is 0 Å². The second kappa shape index (κ2) is 17.1. The number of anilines is 1. The maximum atomic E-state index is 11.8. The third-order valence-electron chi connectivity index (χ3n) is 5.33. The van der Waals surface area contributed by atoms with Crippen molar-refractivity contribution < 1.29 is 14.3 Å². The van der Waals surface area contributed by atoms with E-state index in [0.29, 0.717) is 24.8 Å². The van der Waals surface area contributed by atoms with Gasteiger partial charge in [-0.1, -0.05) is 71.6 Å². The van der Waals surface area contributed by atoms with Gasteiger partial charge in [0.1, 0.15) is 11.6 Å². The summed E-state index contributed by atoms with van der Waals surface area (Å²) in [7, 11) is 0. The van der Waals surface area contributed by atoms with Crippen LogP contribution in [0.4, 0.5) is 5.82 Å². The summed E-state index contributed by atoms with van der Waals surface area (Å²) in [5.41, 5.74) is 5.55. The number of unbranched alkanes of at least 4 members (excludes halogenated alkanes) is 8. The van der Waals surface area contributed by atoms with Gasteiger partial charge in [0.15, 0.2) is 0 Å². The molecule has 0 saturated carbocycles. The molecule has 0 aliphatic carbocycles. The van der Waals surface area contributed by atoms with E-state index in [0.717, 1.165) is 38.0 Å². The van der Waals surface area contributed by atoms with Gasteiger partial charge in [0, 0.05) is 6.42 Å². The molecule has 0 aliphatic heterocycles. The Morgan fingerprint density at radius 3 is 2.31 bits per heavy atom. The molecule has 29 heavy (non-hydrogen) atoms. The SMILES string of the molecule is CCCCC(CC)COC(=O)CCCCCCCCCCOc1ccc(N)nc1. The first-order chi connectivity index (χ1) is 14.2. The van der Waals surface area contributed by atoms with Crippen molar-refractivity contribution in [1.29, 1.82) is 0 Å². The fourth-order valence-electron chi connectivity index (χ4n) is 3.28. The first-order valence-electron chi connectivity index (χ1n) is 11.7. The van der Waals surface area contributed by atoms with Crippen LogP contribution in [0.25, 0.3) is 0 Å². The first-order valence-corrected chi connectivity index (χ1v) is 11.7. The van der Waals surface area contributed by atoms with Crippen LogP contribution in [0.5, 0.6) is 5.75 Å². The van der Waals surface area contributed by atoms with E-state index < -0.39 is 0 Å². The van der Waals surface area contributed by atoms with Crippen LogP contribution >= 0.6 is 0 Å². The van der Waals surface area contributed by atoms with Gasteiger partial charge >= 0.3 is 5.97 Å². The molecule has 2 N–H and O–H groups in total. The second-order valence-corrected chi connectivity index (χ2v) is 7.95. The molecule has 1 rings (SSSR count). The van der Waals surface area contributed by atoms with Gasteiger partial charge in [0.05, 0.1) is 19.4 Å². The Bertz CT molecular complexity index is 519. The number of nitrogens with two attached hydrogens (primary N) is 1. The number of carbonyl (C=O) groups is 1. The van der Waals surface area contributed by atoms with Crippen molar-refractivity contribution in [2.24, 2.45) is 5.92 Å². The Labute approximate surface area is 177 Å². The summed E-state index contributed by atoms with van der Waals surface area (Å²) >= 11 is 0. The number of hydrogen-bond donors (Lipinski definition) is 1. The summed E-state index contributed by atoms with van der Waals surface area (Å²) in [5, 5.41) is 0. The zero-order valence-corrected chi connectivity index (χ0v) is 18.7. The highest BCUT2D eigenvalue weighted by atomic mass is 16.5. The predicted molar refractivity (Wildman–Crippen MR) is 120 cm³/mol. The molecule has 0 spiro atoms. The third-order valence-corrected chi connectivity index (χ3v) is 5.33. The lowest BCUT2D eigenvalue weighted by molar-refractivity contribution is -0.145. The topological polar surface area (TPSA) is 74.4 Å². The second-order valence-electron chi connectivity index (χ2n) is 7.95. The molecule has 1 atom stereocenters. The molecule has 5 heteroatoms. The van der Waals surface area contributed by atoms with E-state index in [-0.39, 0.29) is 5.97 Å². The number of rotatable bonds is 18. The van der Waals surface area contributed by atoms with Crippen molar-refractivity contribution in [3.8, 4) is 5.75 Å². The van der Waals surface area contributed by atoms with Gasteiger partial charge in [0.25, 0.3) is 0 Å². The molecule has 0 bridgehead atoms. The quantitative estimate of drug-likeness (QED) is 0.228. The molecule has 0 amide bonds. The Morgan fingerprint density at radius 1 is 1.00 bits per heavy atom. The summed E-state index contributed by atoms with van der Waals surface area (Å²) in [4.78, 5) is 15.9. The van der Waals surface area contributed by atoms with Crippen LogP contribution in [0.1, 0.15) is 97.3 Å². The molecule has 0 fully saturated rings. The lowest BCUT2D eigenvalue weighted by Gasteiger charge is -2.14. The van der Waals surface area contributed by atoms with Crippen molar-refractivity contribution in [2.75, 3.05) is 18.9 Å². The molecule has 166 valence electrons. The summed E-state index contributed by atoms with van der Waals surface area (Å²) in [6.07, 6.45) is 16.2. The third kappa shape index (κ3) is 13.9. The van der Waals surface area contributed by atoms with Gasteiger partial charge in [-0.2, -0.15) is 0 Å². The average Bonchev–Trinajstić information content (AvgIpc) is 2.73. The molecule has 0 radical (unpaired) electrons. The number of esters is 1. The largest absolute Gasteiger partial charge is 0.492 e. The minimum Gasteiger partial charge on any atom is -0.492 e. The monoisotopic (exact) mass is 406 g/mol. The zero-order chi connectivity index (χ0) is 21.2. The molecule has 1 aromatic rings. The van der Waals surface area contributed by atoms with E-state index in [1.54, 1.807) is 12.3 Å². The highest BCUT2D eigenvalue weighted by molar-refractivity contribution is 5.69. The van der Waals surface area contributed by atoms with Crippen LogP contribution in [0.3, 0.4) is 0 Å². The molecule has 1 heterocycles. The molecular weight excluding hydrogens is 364 g/mol. The fourth-order valence-corrected chi connectivity index (χ4v) is 3.28. The summed E-state index contributed by atoms with van der Waals surface area (Å²) in [5.74, 6) is 1.81. The Morgan fingerprint density at radius 2 is 1.69 bits per heavy atom. The van der Waals surface area contributed by atoms with E-state index in [4.69, 9.17) is 15.2 Å². The standard InChI is InChI=1S/C24H42N2O3/c1-3-5-14-21(4-2)20-29-24(27)15-12-10-8-6-7-9-11-13-18-28-22-16-17-23(25)26-19-22/h16-17,19,21H,3-15,18,20H2,1-2H3,(H2,25,26). The van der Waals surface area contributed by atoms with Gasteiger partial charge in [-0.05, 0) is 37.3 Å². The summed E-state index contributed by atoms with van der Waals surface area (Å²) in [6, 6.07) is 3.61. The van der Waals surface area contributed by atoms with E-state index in [2.05, 4.69) is 18.8 Å². The van der Waals surface area contributed by atoms with Crippen molar-refractivity contribution >= 4 is 11.8 Å². The van der Waals surface area contributed by atoms with E-state index in [9.17, 15) is 4.79 Å². The van der Waals surface area contributed by atoms with Crippen LogP contribution in [-0.2, 0) is 9.53 Å². The summed E-state index contributed by atoms with van der Waals surface area (Å²) < 4.78 is 11.1. The van der Waals surface area contributed by atoms with Gasteiger partial charge in [-0.25, -0.2) is 4.98 Å². The minimum absolute atomic E-state index is 0.0174. The molecular formula is C24H42N2O3. The van der Waals surface area contributed by atoms with Crippen LogP contribution in [-0.4, -0.2) is 24.2 Å². The Kier molecular flexibility index (Phi) is 14.9. The summed E-state index contributed by atoms with van der Waals surface area (Å²) in [6.45, 7) is 5.71. The van der Waals surface area contributed by atoms with Crippen LogP contribution in [0.2, 0.25) is 0 Å². The smallest absolute Gasteiger partial charge is 0.305 e. The maximum absolute atomic E-state index is 11.8. The van der Waals surface area contributed by atoms with E-state index in [1.807, 2.05) is 6.07 Å². The number of hydrogen-bond acceptors (Lipinski definition) is 5. The maximum Gasteiger partial charge on any atom is 0.305 e. The molecule has 0 aliphatic rings. The molecule has 1 aromatic heterocycles. The van der Waals surface area contributed by atoms with E-state index >= 15 is 0 Å². The van der Waals surface area contributed by atoms with Crippen molar-refractivity contribution in [2.45, 2.75) is 97.3 Å². The van der Waals surface area contributed by atoms with E-state index in [1.165, 1.54) is 51.4 Å². The van der Waals surface area contributed by atoms with Crippen LogP contribution in [0, 0.1) is 5.92 Å². The molecule has 0 saturated heterocycles. The van der Waals surface area contributed by atoms with Crippen molar-refractivity contribution in [3.63, 3.8) is 0 Å². The number of nitrogens with zero attached hydrogens (tertiary/aromatic N) is 1. The Hall–Kier alpha value is -1.78. The normalized spacial score (nSPS) is 11.9. The number of nitrogen functional groups attached to an aromatic ring is 1. The Balaban J connectivity index is 1.86. The predicted octanol–water partition coefficient (Wildman–Crippen LogP) is 6.31. The minimum atomic E-state index is -0.0174. The number of ether oxygens (including phenoxy) is 2. The van der Waals surface area contributed by atoms with Crippen molar-refractivity contribution in [1.82, 2.24) is 4.98 Å². The lowest BCUT2D eigenvalue weighted by Crippen LogP contribution is -2.13. The fraction of sp³-hybridized carbons (Fsp3) is 0.750.